The van der Waals surface area contributed by atoms with Crippen molar-refractivity contribution in [3.8, 4) is 0 Å². The molecule has 0 fully saturated rings. The van der Waals surface area contributed by atoms with Crippen molar-refractivity contribution in [3.63, 3.8) is 0 Å². The molecule has 0 radical (unpaired) electrons. The molecule has 0 amide bonds. The number of hydrogen-bond acceptors (Lipinski definition) is 4. The molecular weight excluding hydrogens is 375 g/mol. The highest BCUT2D eigenvalue weighted by Gasteiger charge is 2.16. The van der Waals surface area contributed by atoms with Crippen molar-refractivity contribution >= 4 is 56.5 Å². The topological polar surface area (TPSA) is 49.8 Å². The Morgan fingerprint density at radius 2 is 1.76 bits per heavy atom. The second-order valence-corrected chi connectivity index (χ2v) is 6.35. The molecule has 0 saturated carbocycles. The van der Waals surface area contributed by atoms with E-state index >= 15 is 0 Å². The van der Waals surface area contributed by atoms with Crippen LogP contribution in [0.5, 0.6) is 0 Å². The summed E-state index contributed by atoms with van der Waals surface area (Å²) in [6.45, 7) is 4.17. The Kier molecular flexibility index (Phi) is 5.30. The van der Waals surface area contributed by atoms with Gasteiger partial charge in [0.2, 0.25) is 0 Å². The maximum Gasteiger partial charge on any atom is 0.139 e. The Hall–Kier alpha value is -1.04. The summed E-state index contributed by atoms with van der Waals surface area (Å²) in [5, 5.41) is 7.23. The van der Waals surface area contributed by atoms with E-state index in [-0.39, 0.29) is 5.92 Å². The van der Waals surface area contributed by atoms with Crippen LogP contribution < -0.4 is 10.6 Å². The van der Waals surface area contributed by atoms with Crippen LogP contribution >= 0.6 is 39.1 Å². The van der Waals surface area contributed by atoms with Crippen molar-refractivity contribution in [2.24, 2.45) is 0 Å². The lowest BCUT2D eigenvalue weighted by atomic mass is 10.0. The fourth-order valence-corrected chi connectivity index (χ4v) is 2.81. The molecule has 0 aliphatic heterocycles. The van der Waals surface area contributed by atoms with Gasteiger partial charge in [-0.2, -0.15) is 0 Å². The summed E-state index contributed by atoms with van der Waals surface area (Å²) in [4.78, 5) is 8.57. The summed E-state index contributed by atoms with van der Waals surface area (Å²) in [5.74, 6) is 1.76. The van der Waals surface area contributed by atoms with Gasteiger partial charge in [0, 0.05) is 17.1 Å². The SMILES string of the molecule is CNc1ncnc(Nc2ccc(Br)c(Cl)c2Cl)c1C(C)C. The number of nitrogens with zero attached hydrogens (tertiary/aromatic N) is 2. The minimum absolute atomic E-state index is 0.251. The van der Waals surface area contributed by atoms with Crippen molar-refractivity contribution in [2.75, 3.05) is 17.7 Å². The minimum atomic E-state index is 0.251. The number of anilines is 3. The number of rotatable bonds is 4. The van der Waals surface area contributed by atoms with Gasteiger partial charge in [0.15, 0.2) is 0 Å². The third-order valence-corrected chi connectivity index (χ3v) is 4.76. The molecule has 4 nitrogen and oxygen atoms in total. The number of aromatic nitrogens is 2. The molecule has 0 saturated heterocycles. The van der Waals surface area contributed by atoms with E-state index < -0.39 is 0 Å². The second-order valence-electron chi connectivity index (χ2n) is 4.74. The first-order valence-electron chi connectivity index (χ1n) is 6.38. The van der Waals surface area contributed by atoms with E-state index in [4.69, 9.17) is 23.2 Å². The first kappa shape index (κ1) is 16.3. The lowest BCUT2D eigenvalue weighted by Crippen LogP contribution is -2.07. The number of halogens is 3. The first-order chi connectivity index (χ1) is 9.95. The smallest absolute Gasteiger partial charge is 0.139 e. The summed E-state index contributed by atoms with van der Waals surface area (Å²) < 4.78 is 0.752. The molecule has 0 spiro atoms. The molecule has 1 heterocycles. The van der Waals surface area contributed by atoms with Crippen LogP contribution in [-0.2, 0) is 0 Å². The van der Waals surface area contributed by atoms with E-state index in [0.717, 1.165) is 15.9 Å². The fraction of sp³-hybridized carbons (Fsp3) is 0.286. The largest absolute Gasteiger partial charge is 0.373 e. The van der Waals surface area contributed by atoms with E-state index in [1.165, 1.54) is 6.33 Å². The van der Waals surface area contributed by atoms with Crippen LogP contribution in [0.15, 0.2) is 22.9 Å². The fourth-order valence-electron chi connectivity index (χ4n) is 1.99. The van der Waals surface area contributed by atoms with Crippen LogP contribution in [0.3, 0.4) is 0 Å². The summed E-state index contributed by atoms with van der Waals surface area (Å²) in [5.41, 5.74) is 1.70. The van der Waals surface area contributed by atoms with Gasteiger partial charge in [-0.25, -0.2) is 9.97 Å². The summed E-state index contributed by atoms with van der Waals surface area (Å²) >= 11 is 15.8. The molecule has 1 aromatic heterocycles. The Morgan fingerprint density at radius 1 is 1.10 bits per heavy atom. The molecule has 2 aromatic rings. The van der Waals surface area contributed by atoms with Gasteiger partial charge >= 0.3 is 0 Å². The molecule has 21 heavy (non-hydrogen) atoms. The summed E-state index contributed by atoms with van der Waals surface area (Å²) in [7, 11) is 1.83. The third kappa shape index (κ3) is 3.42. The highest BCUT2D eigenvalue weighted by molar-refractivity contribution is 9.10. The monoisotopic (exact) mass is 388 g/mol. The molecule has 2 N–H and O–H groups in total. The highest BCUT2D eigenvalue weighted by atomic mass is 79.9. The van der Waals surface area contributed by atoms with Gasteiger partial charge < -0.3 is 10.6 Å². The predicted octanol–water partition coefficient (Wildman–Crippen LogP) is 5.45. The van der Waals surface area contributed by atoms with Crippen molar-refractivity contribution in [1.82, 2.24) is 9.97 Å². The lowest BCUT2D eigenvalue weighted by molar-refractivity contribution is 0.852. The van der Waals surface area contributed by atoms with Crippen LogP contribution in [0.4, 0.5) is 17.3 Å². The van der Waals surface area contributed by atoms with Gasteiger partial charge in [-0.15, -0.1) is 0 Å². The minimum Gasteiger partial charge on any atom is -0.373 e. The standard InChI is InChI=1S/C14H15BrCl2N4/c1-7(2)10-13(18-3)19-6-20-14(10)21-9-5-4-8(15)11(16)12(9)17/h4-7H,1-3H3,(H2,18,19,20,21). The average molecular weight is 390 g/mol. The van der Waals surface area contributed by atoms with Gasteiger partial charge in [0.1, 0.15) is 18.0 Å². The van der Waals surface area contributed by atoms with Crippen LogP contribution in [0, 0.1) is 0 Å². The predicted molar refractivity (Wildman–Crippen MR) is 93.1 cm³/mol. The van der Waals surface area contributed by atoms with Crippen LogP contribution in [0.2, 0.25) is 10.0 Å². The second kappa shape index (κ2) is 6.81. The first-order valence-corrected chi connectivity index (χ1v) is 7.93. The maximum atomic E-state index is 6.27. The molecule has 0 bridgehead atoms. The number of nitrogens with one attached hydrogen (secondary N) is 2. The van der Waals surface area contributed by atoms with Crippen molar-refractivity contribution < 1.29 is 0 Å². The molecule has 0 atom stereocenters. The number of benzene rings is 1. The molecule has 1 aromatic carbocycles. The van der Waals surface area contributed by atoms with Gasteiger partial charge in [0.05, 0.1) is 15.7 Å². The Labute approximate surface area is 142 Å². The molecule has 0 aliphatic carbocycles. The molecule has 0 unspecified atom stereocenters. The van der Waals surface area contributed by atoms with Gasteiger partial charge in [-0.3, -0.25) is 0 Å². The molecular formula is C14H15BrCl2N4. The van der Waals surface area contributed by atoms with E-state index in [2.05, 4.69) is 50.4 Å². The lowest BCUT2D eigenvalue weighted by Gasteiger charge is -2.17. The van der Waals surface area contributed by atoms with Gasteiger partial charge in [-0.1, -0.05) is 37.0 Å². The third-order valence-electron chi connectivity index (χ3n) is 2.99. The van der Waals surface area contributed by atoms with Crippen LogP contribution in [0.1, 0.15) is 25.3 Å². The number of hydrogen-bond donors (Lipinski definition) is 2. The van der Waals surface area contributed by atoms with Crippen molar-refractivity contribution in [1.29, 1.82) is 0 Å². The summed E-state index contributed by atoms with van der Waals surface area (Å²) in [6, 6.07) is 3.69. The maximum absolute atomic E-state index is 6.27. The highest BCUT2D eigenvalue weighted by Crippen LogP contribution is 2.38. The Balaban J connectivity index is 2.47. The van der Waals surface area contributed by atoms with E-state index in [1.807, 2.05) is 19.2 Å². The van der Waals surface area contributed by atoms with E-state index in [9.17, 15) is 0 Å². The molecule has 0 aliphatic rings. The zero-order valence-corrected chi connectivity index (χ0v) is 14.9. The van der Waals surface area contributed by atoms with Crippen LogP contribution in [-0.4, -0.2) is 17.0 Å². The Morgan fingerprint density at radius 3 is 2.38 bits per heavy atom. The molecule has 2 rings (SSSR count). The zero-order valence-electron chi connectivity index (χ0n) is 11.8. The normalized spacial score (nSPS) is 10.8. The quantitative estimate of drug-likeness (QED) is 0.682. The average Bonchev–Trinajstić information content (AvgIpc) is 2.47. The van der Waals surface area contributed by atoms with Gasteiger partial charge in [-0.05, 0) is 34.0 Å². The summed E-state index contributed by atoms with van der Waals surface area (Å²) in [6.07, 6.45) is 1.51. The Bertz CT molecular complexity index is 662. The van der Waals surface area contributed by atoms with E-state index in [1.54, 1.807) is 0 Å². The van der Waals surface area contributed by atoms with Crippen LogP contribution in [0.25, 0.3) is 0 Å². The van der Waals surface area contributed by atoms with Crippen molar-refractivity contribution in [2.45, 2.75) is 19.8 Å². The zero-order chi connectivity index (χ0) is 15.6. The van der Waals surface area contributed by atoms with Gasteiger partial charge in [0.25, 0.3) is 0 Å². The molecule has 7 heteroatoms. The molecule has 112 valence electrons. The van der Waals surface area contributed by atoms with E-state index in [0.29, 0.717) is 21.6 Å². The van der Waals surface area contributed by atoms with Crippen molar-refractivity contribution in [3.05, 3.63) is 38.5 Å².